The average Bonchev–Trinajstić information content (AvgIpc) is 2.39. The Morgan fingerprint density at radius 3 is 2.06 bits per heavy atom. The molecule has 0 aromatic carbocycles. The van der Waals surface area contributed by atoms with Gasteiger partial charge in [0.1, 0.15) is 0 Å². The van der Waals surface area contributed by atoms with Gasteiger partial charge in [-0.05, 0) is 44.6 Å². The van der Waals surface area contributed by atoms with Gasteiger partial charge in [-0.25, -0.2) is 0 Å². The van der Waals surface area contributed by atoms with Crippen LogP contribution in [-0.4, -0.2) is 29.4 Å². The summed E-state index contributed by atoms with van der Waals surface area (Å²) >= 11 is 3.73. The average molecular weight is 306 g/mol. The number of hydrogen-bond donors (Lipinski definition) is 0. The first-order valence-corrected chi connectivity index (χ1v) is 8.51. The van der Waals surface area contributed by atoms with Crippen LogP contribution in [0.15, 0.2) is 0 Å². The molecule has 0 spiro atoms. The monoisotopic (exact) mass is 305 g/mol. The molecule has 0 aliphatic rings. The van der Waals surface area contributed by atoms with E-state index in [1.807, 2.05) is 0 Å². The zero-order valence-corrected chi connectivity index (χ0v) is 14.1. The lowest BCUT2D eigenvalue weighted by atomic mass is 9.83. The molecule has 0 N–H and O–H groups in total. The van der Waals surface area contributed by atoms with E-state index in [1.54, 1.807) is 0 Å². The van der Waals surface area contributed by atoms with E-state index in [-0.39, 0.29) is 0 Å². The van der Waals surface area contributed by atoms with Gasteiger partial charge in [-0.2, -0.15) is 0 Å². The van der Waals surface area contributed by atoms with Gasteiger partial charge >= 0.3 is 0 Å². The second-order valence-electron chi connectivity index (χ2n) is 5.42. The van der Waals surface area contributed by atoms with E-state index in [2.05, 4.69) is 55.4 Å². The van der Waals surface area contributed by atoms with Crippen LogP contribution in [0.25, 0.3) is 0 Å². The topological polar surface area (TPSA) is 3.24 Å². The predicted molar refractivity (Wildman–Crippen MR) is 83.0 cm³/mol. The van der Waals surface area contributed by atoms with E-state index in [0.29, 0.717) is 5.41 Å². The van der Waals surface area contributed by atoms with Crippen molar-refractivity contribution in [2.75, 3.05) is 18.4 Å². The maximum atomic E-state index is 3.73. The lowest BCUT2D eigenvalue weighted by Gasteiger charge is -2.39. The lowest BCUT2D eigenvalue weighted by Crippen LogP contribution is -2.43. The Kier molecular flexibility index (Phi) is 9.62. The maximum Gasteiger partial charge on any atom is 0.01000 e. The Labute approximate surface area is 117 Å². The summed E-state index contributed by atoms with van der Waals surface area (Å²) in [5.41, 5.74) is 0.469. The summed E-state index contributed by atoms with van der Waals surface area (Å²) in [6.07, 6.45) is 6.43. The summed E-state index contributed by atoms with van der Waals surface area (Å²) in [5.74, 6) is 0. The third kappa shape index (κ3) is 5.74. The van der Waals surface area contributed by atoms with Gasteiger partial charge in [-0.1, -0.05) is 50.0 Å². The third-order valence-electron chi connectivity index (χ3n) is 4.34. The van der Waals surface area contributed by atoms with Crippen LogP contribution >= 0.6 is 15.9 Å². The van der Waals surface area contributed by atoms with Gasteiger partial charge in [0.2, 0.25) is 0 Å². The second kappa shape index (κ2) is 9.38. The van der Waals surface area contributed by atoms with E-state index in [9.17, 15) is 0 Å². The standard InChI is InChI=1S/C15H32BrN/c1-6-10-11-17(14(5)7-2)13-15(8-3,9-4)12-16/h14H,6-13H2,1-5H3. The molecule has 0 saturated heterocycles. The van der Waals surface area contributed by atoms with E-state index < -0.39 is 0 Å². The number of rotatable bonds is 10. The van der Waals surface area contributed by atoms with Crippen LogP contribution < -0.4 is 0 Å². The van der Waals surface area contributed by atoms with E-state index in [1.165, 1.54) is 45.2 Å². The molecule has 0 aliphatic carbocycles. The smallest absolute Gasteiger partial charge is 0.01000 e. The van der Waals surface area contributed by atoms with Crippen LogP contribution in [0.2, 0.25) is 0 Å². The summed E-state index contributed by atoms with van der Waals surface area (Å²) < 4.78 is 0. The largest absolute Gasteiger partial charge is 0.300 e. The van der Waals surface area contributed by atoms with E-state index in [4.69, 9.17) is 0 Å². The summed E-state index contributed by atoms with van der Waals surface area (Å²) in [4.78, 5) is 2.71. The van der Waals surface area contributed by atoms with E-state index >= 15 is 0 Å². The summed E-state index contributed by atoms with van der Waals surface area (Å²) in [7, 11) is 0. The molecule has 17 heavy (non-hydrogen) atoms. The number of hydrogen-bond acceptors (Lipinski definition) is 1. The van der Waals surface area contributed by atoms with Crippen LogP contribution in [0, 0.1) is 5.41 Å². The van der Waals surface area contributed by atoms with Gasteiger partial charge in [0.05, 0.1) is 0 Å². The minimum Gasteiger partial charge on any atom is -0.300 e. The van der Waals surface area contributed by atoms with Crippen LogP contribution in [-0.2, 0) is 0 Å². The van der Waals surface area contributed by atoms with Crippen molar-refractivity contribution in [3.05, 3.63) is 0 Å². The number of nitrogens with zero attached hydrogens (tertiary/aromatic N) is 1. The minimum atomic E-state index is 0.469. The molecule has 0 fully saturated rings. The van der Waals surface area contributed by atoms with E-state index in [0.717, 1.165) is 11.4 Å². The molecule has 1 atom stereocenters. The minimum absolute atomic E-state index is 0.469. The molecule has 0 aromatic heterocycles. The van der Waals surface area contributed by atoms with Crippen molar-refractivity contribution in [2.45, 2.75) is 72.8 Å². The lowest BCUT2D eigenvalue weighted by molar-refractivity contribution is 0.118. The van der Waals surface area contributed by atoms with Crippen LogP contribution in [0.1, 0.15) is 66.7 Å². The molecule has 2 heteroatoms. The van der Waals surface area contributed by atoms with Crippen molar-refractivity contribution < 1.29 is 0 Å². The predicted octanol–water partition coefficient (Wildman–Crippen LogP) is 5.09. The molecular weight excluding hydrogens is 274 g/mol. The molecular formula is C15H32BrN. The second-order valence-corrected chi connectivity index (χ2v) is 5.98. The fourth-order valence-corrected chi connectivity index (χ4v) is 3.18. The first-order chi connectivity index (χ1) is 8.09. The molecule has 0 aromatic rings. The normalized spacial score (nSPS) is 14.3. The van der Waals surface area contributed by atoms with Crippen LogP contribution in [0.4, 0.5) is 0 Å². The zero-order valence-electron chi connectivity index (χ0n) is 12.6. The highest BCUT2D eigenvalue weighted by Crippen LogP contribution is 2.31. The van der Waals surface area contributed by atoms with Gasteiger partial charge in [0.15, 0.2) is 0 Å². The summed E-state index contributed by atoms with van der Waals surface area (Å²) in [6.45, 7) is 14.1. The van der Waals surface area contributed by atoms with Crippen molar-refractivity contribution >= 4 is 15.9 Å². The van der Waals surface area contributed by atoms with Crippen molar-refractivity contribution in [2.24, 2.45) is 5.41 Å². The fourth-order valence-electron chi connectivity index (χ4n) is 2.21. The zero-order chi connectivity index (χ0) is 13.3. The Bertz CT molecular complexity index is 169. The number of unbranched alkanes of at least 4 members (excludes halogenated alkanes) is 1. The molecule has 1 unspecified atom stereocenters. The Morgan fingerprint density at radius 2 is 1.71 bits per heavy atom. The van der Waals surface area contributed by atoms with Gasteiger partial charge in [-0.3, -0.25) is 0 Å². The summed E-state index contributed by atoms with van der Waals surface area (Å²) in [5, 5.41) is 1.13. The molecule has 1 nitrogen and oxygen atoms in total. The van der Waals surface area contributed by atoms with Gasteiger partial charge in [0.25, 0.3) is 0 Å². The first-order valence-electron chi connectivity index (χ1n) is 7.39. The molecule has 0 saturated carbocycles. The fraction of sp³-hybridized carbons (Fsp3) is 1.00. The summed E-state index contributed by atoms with van der Waals surface area (Å²) in [6, 6.07) is 0.720. The highest BCUT2D eigenvalue weighted by Gasteiger charge is 2.28. The molecule has 0 rings (SSSR count). The Balaban J connectivity index is 4.57. The van der Waals surface area contributed by atoms with Crippen LogP contribution in [0.3, 0.4) is 0 Å². The molecule has 104 valence electrons. The molecule has 0 heterocycles. The number of alkyl halides is 1. The Hall–Kier alpha value is 0.440. The molecule has 0 amide bonds. The highest BCUT2D eigenvalue weighted by atomic mass is 79.9. The highest BCUT2D eigenvalue weighted by molar-refractivity contribution is 9.09. The van der Waals surface area contributed by atoms with Crippen LogP contribution in [0.5, 0.6) is 0 Å². The van der Waals surface area contributed by atoms with Gasteiger partial charge in [0, 0.05) is 17.9 Å². The van der Waals surface area contributed by atoms with Crippen molar-refractivity contribution in [3.63, 3.8) is 0 Å². The molecule has 0 radical (unpaired) electrons. The van der Waals surface area contributed by atoms with Crippen molar-refractivity contribution in [1.82, 2.24) is 4.90 Å². The Morgan fingerprint density at radius 1 is 1.12 bits per heavy atom. The van der Waals surface area contributed by atoms with Crippen molar-refractivity contribution in [3.8, 4) is 0 Å². The van der Waals surface area contributed by atoms with Crippen molar-refractivity contribution in [1.29, 1.82) is 0 Å². The first kappa shape index (κ1) is 17.4. The van der Waals surface area contributed by atoms with Gasteiger partial charge in [-0.15, -0.1) is 0 Å². The van der Waals surface area contributed by atoms with Gasteiger partial charge < -0.3 is 4.90 Å². The SMILES string of the molecule is CCCCN(CC(CC)(CC)CBr)C(C)CC. The third-order valence-corrected chi connectivity index (χ3v) is 5.52. The molecule has 0 bridgehead atoms. The molecule has 0 aliphatic heterocycles. The quantitative estimate of drug-likeness (QED) is 0.508. The number of halogens is 1. The maximum absolute atomic E-state index is 3.73.